The standard InChI is InChI=1S/C62H67N5O9.C27H39N5O8/c1-3-74-59(71)54(37-34-44-20-7-4-8-21-44)66-53(30-17-18-38-63-56(68)40-64-57(69)41-65-61(73)75-42-52-50-28-15-13-26-48(50)49-27-14-16-29-51(49)52)58(70)67-39-19-31-55(67)60(72)76-62(45-22-9-5-10-23-45,46-24-11-6-12-25-46)47-35-32-43(2)33-36-47;1-18(33)29-16-24(35)30-17-23(34)28-14-6-5-10-20(25(36)32-15-7-11-22(32)27(39)40)31-21(26(37)38)13-12-19-8-3-2-4-9-19/h4-16,20-29,32-33,35-36,52-55,66H,3,17-19,30-31,34,37-42H2,1-2H3,(H,63,68)(H,64,69)(H,65,73);2-4,8-9,20-22,31H,5-7,10-17H2,1H3,(H,28,34)(H,29,33)(H,30,35)(H,37,38)(H,39,40)/t53-,54?,55-;20-,21?,22-/m00/s1. The number of rotatable bonds is 41. The number of likely N-dealkylation sites (tertiary alicyclic amines) is 2. The Morgan fingerprint density at radius 2 is 0.879 bits per heavy atom. The quantitative estimate of drug-likeness (QED) is 0.00752. The summed E-state index contributed by atoms with van der Waals surface area (Å²) in [6.45, 7) is 5.18. The highest BCUT2D eigenvalue weighted by Gasteiger charge is 2.46. The minimum Gasteiger partial charge on any atom is -0.480 e. The molecule has 2 unspecified atom stereocenters. The van der Waals surface area contributed by atoms with Gasteiger partial charge in [-0.3, -0.25) is 53.8 Å². The van der Waals surface area contributed by atoms with E-state index < -0.39 is 101 Å². The molecule has 27 heteroatoms. The van der Waals surface area contributed by atoms with Crippen molar-refractivity contribution in [3.05, 3.63) is 239 Å². The number of benzene rings is 7. The van der Waals surface area contributed by atoms with Crippen molar-refractivity contribution in [2.75, 3.05) is 65.6 Å². The van der Waals surface area contributed by atoms with Crippen LogP contribution in [0.4, 0.5) is 4.79 Å². The Kier molecular flexibility index (Phi) is 34.2. The molecule has 7 aromatic carbocycles. The van der Waals surface area contributed by atoms with Crippen LogP contribution in [0, 0.1) is 6.92 Å². The smallest absolute Gasteiger partial charge is 0.407 e. The monoisotopic (exact) mass is 1590 g/mol. The van der Waals surface area contributed by atoms with Gasteiger partial charge in [-0.05, 0) is 137 Å². The molecule has 2 fully saturated rings. The number of carboxylic acids is 2. The van der Waals surface area contributed by atoms with Crippen molar-refractivity contribution in [2.45, 2.75) is 158 Å². The van der Waals surface area contributed by atoms with Gasteiger partial charge in [0, 0.05) is 55.7 Å². The molecule has 2 heterocycles. The molecule has 116 heavy (non-hydrogen) atoms. The van der Waals surface area contributed by atoms with Crippen LogP contribution in [0.15, 0.2) is 194 Å². The number of hydrogen-bond donors (Lipinski definition) is 10. The molecule has 10 N–H and O–H groups in total. The van der Waals surface area contributed by atoms with Gasteiger partial charge in [-0.2, -0.15) is 0 Å². The van der Waals surface area contributed by atoms with Gasteiger partial charge in [0.25, 0.3) is 0 Å². The van der Waals surface area contributed by atoms with Crippen LogP contribution in [0.25, 0.3) is 11.1 Å². The van der Waals surface area contributed by atoms with Gasteiger partial charge in [0.15, 0.2) is 5.60 Å². The van der Waals surface area contributed by atoms with Crippen molar-refractivity contribution in [3.63, 3.8) is 0 Å². The highest BCUT2D eigenvalue weighted by atomic mass is 16.6. The van der Waals surface area contributed by atoms with E-state index in [0.29, 0.717) is 83.7 Å². The molecule has 27 nitrogen and oxygen atoms in total. The van der Waals surface area contributed by atoms with Gasteiger partial charge in [0.2, 0.25) is 41.4 Å². The van der Waals surface area contributed by atoms with E-state index in [0.717, 1.165) is 55.6 Å². The first-order chi connectivity index (χ1) is 56.1. The number of aliphatic carboxylic acids is 2. The van der Waals surface area contributed by atoms with E-state index in [-0.39, 0.29) is 89.5 Å². The van der Waals surface area contributed by atoms with E-state index in [1.165, 1.54) is 11.8 Å². The Morgan fingerprint density at radius 3 is 1.36 bits per heavy atom. The lowest BCUT2D eigenvalue weighted by molar-refractivity contribution is -0.162. The fraction of sp³-hybridized carbons (Fsp3) is 0.393. The van der Waals surface area contributed by atoms with Gasteiger partial charge in [-0.25, -0.2) is 14.4 Å². The molecule has 0 saturated carbocycles. The number of alkyl carbamates (subject to hydrolysis) is 1. The zero-order valence-corrected chi connectivity index (χ0v) is 65.9. The summed E-state index contributed by atoms with van der Waals surface area (Å²) < 4.78 is 17.9. The number of hydrogen-bond acceptors (Lipinski definition) is 17. The largest absolute Gasteiger partial charge is 0.480 e. The molecule has 2 aliphatic heterocycles. The third-order valence-corrected chi connectivity index (χ3v) is 20.7. The molecule has 1 aliphatic carbocycles. The minimum absolute atomic E-state index is 0.0996. The maximum Gasteiger partial charge on any atom is 0.407 e. The van der Waals surface area contributed by atoms with Crippen molar-refractivity contribution in [1.82, 2.24) is 52.3 Å². The first-order valence-corrected chi connectivity index (χ1v) is 39.8. The molecule has 10 rings (SSSR count). The topological polar surface area (TPSA) is 376 Å². The highest BCUT2D eigenvalue weighted by Crippen LogP contribution is 2.45. The molecular weight excluding hydrogens is 1480 g/mol. The Morgan fingerprint density at radius 1 is 0.457 bits per heavy atom. The van der Waals surface area contributed by atoms with Crippen LogP contribution in [0.3, 0.4) is 0 Å². The summed E-state index contributed by atoms with van der Waals surface area (Å²) in [6.07, 6.45) is 5.10. The predicted octanol–water partition coefficient (Wildman–Crippen LogP) is 7.93. The first kappa shape index (κ1) is 87.9. The lowest BCUT2D eigenvalue weighted by atomic mass is 9.79. The molecule has 7 aromatic rings. The summed E-state index contributed by atoms with van der Waals surface area (Å²) in [5.41, 5.74) is 8.30. The number of esters is 2. The van der Waals surface area contributed by atoms with Crippen LogP contribution in [0.1, 0.15) is 141 Å². The Bertz CT molecular complexity index is 4360. The number of fused-ring (bicyclic) bond motifs is 3. The van der Waals surface area contributed by atoms with E-state index in [1.54, 1.807) is 11.8 Å². The first-order valence-electron chi connectivity index (χ1n) is 39.8. The number of amides is 8. The third-order valence-electron chi connectivity index (χ3n) is 20.7. The molecule has 614 valence electrons. The van der Waals surface area contributed by atoms with Gasteiger partial charge < -0.3 is 66.1 Å². The Labute approximate surface area is 676 Å². The summed E-state index contributed by atoms with van der Waals surface area (Å²) >= 11 is 0. The summed E-state index contributed by atoms with van der Waals surface area (Å²) in [5, 5.41) is 40.9. The van der Waals surface area contributed by atoms with Crippen LogP contribution in [-0.2, 0) is 85.4 Å². The van der Waals surface area contributed by atoms with Crippen molar-refractivity contribution in [2.24, 2.45) is 0 Å². The van der Waals surface area contributed by atoms with Crippen molar-refractivity contribution in [3.8, 4) is 11.1 Å². The fourth-order valence-corrected chi connectivity index (χ4v) is 14.8. The second kappa shape index (κ2) is 45.1. The number of ether oxygens (including phenoxy) is 3. The molecule has 8 amide bonds. The molecule has 0 spiro atoms. The van der Waals surface area contributed by atoms with Crippen LogP contribution in [-0.4, -0.2) is 193 Å². The van der Waals surface area contributed by atoms with Crippen molar-refractivity contribution >= 4 is 71.3 Å². The van der Waals surface area contributed by atoms with Gasteiger partial charge in [0.1, 0.15) is 37.3 Å². The number of nitrogens with zero attached hydrogens (tertiary/aromatic N) is 2. The van der Waals surface area contributed by atoms with Crippen LogP contribution < -0.4 is 42.5 Å². The molecule has 0 bridgehead atoms. The normalized spacial score (nSPS) is 15.1. The lowest BCUT2D eigenvalue weighted by Gasteiger charge is -2.37. The van der Waals surface area contributed by atoms with E-state index in [9.17, 15) is 63.0 Å². The zero-order chi connectivity index (χ0) is 82.8. The molecule has 3 aliphatic rings. The SMILES string of the molecule is CC(=O)NCC(=O)NCC(=O)NCCCC[C@H](NC(CCc1ccccc1)C(=O)O)C(=O)N1CCC[C@H]1C(=O)O.CCOC(=O)C(CCc1ccccc1)N[C@@H](CCCCNC(=O)CNC(=O)CNC(=O)OCC1c2ccccc2-c2ccccc21)C(=O)N1CCC[C@H]1C(=O)OC(c1ccccc1)(c1ccccc1)c1ccc(C)cc1. The number of carbonyl (C=O) groups excluding carboxylic acids is 10. The van der Waals surface area contributed by atoms with Gasteiger partial charge in [-0.1, -0.05) is 200 Å². The third kappa shape index (κ3) is 25.7. The second-order valence-electron chi connectivity index (χ2n) is 28.9. The van der Waals surface area contributed by atoms with Crippen molar-refractivity contribution < 1.29 is 82.0 Å². The number of unbranched alkanes of at least 4 members (excludes halogenated alkanes) is 2. The van der Waals surface area contributed by atoms with E-state index in [2.05, 4.69) is 42.5 Å². The molecule has 0 aromatic heterocycles. The Hall–Kier alpha value is -12.1. The fourth-order valence-electron chi connectivity index (χ4n) is 14.8. The van der Waals surface area contributed by atoms with E-state index >= 15 is 4.79 Å². The number of carboxylic acid groups (broad SMARTS) is 2. The maximum absolute atomic E-state index is 15.0. The van der Waals surface area contributed by atoms with Gasteiger partial charge in [0.05, 0.1) is 38.3 Å². The lowest BCUT2D eigenvalue weighted by Crippen LogP contribution is -2.55. The molecule has 2 saturated heterocycles. The highest BCUT2D eigenvalue weighted by molar-refractivity contribution is 5.91. The van der Waals surface area contributed by atoms with E-state index in [4.69, 9.17) is 14.2 Å². The van der Waals surface area contributed by atoms with Crippen LogP contribution in [0.5, 0.6) is 0 Å². The predicted molar refractivity (Wildman–Crippen MR) is 434 cm³/mol. The summed E-state index contributed by atoms with van der Waals surface area (Å²) in [4.78, 5) is 156. The molecule has 6 atom stereocenters. The molecule has 0 radical (unpaired) electrons. The average Bonchev–Trinajstić information content (AvgIpc) is 0.984. The van der Waals surface area contributed by atoms with Gasteiger partial charge >= 0.3 is 30.0 Å². The number of carbonyl (C=O) groups is 12. The Balaban J connectivity index is 0.000000324. The molecular formula is C89H106N10O17. The summed E-state index contributed by atoms with van der Waals surface area (Å²) in [6, 6.07) is 56.8. The van der Waals surface area contributed by atoms with Gasteiger partial charge in [-0.15, -0.1) is 0 Å². The van der Waals surface area contributed by atoms with Crippen LogP contribution in [0.2, 0.25) is 0 Å². The summed E-state index contributed by atoms with van der Waals surface area (Å²) in [5.74, 6) is -6.41. The summed E-state index contributed by atoms with van der Waals surface area (Å²) in [7, 11) is 0. The van der Waals surface area contributed by atoms with E-state index in [1.807, 2.05) is 201 Å². The number of aryl methyl sites for hydroxylation is 3. The maximum atomic E-state index is 15.0. The zero-order valence-electron chi connectivity index (χ0n) is 65.9. The average molecular weight is 1590 g/mol. The second-order valence-corrected chi connectivity index (χ2v) is 28.9. The van der Waals surface area contributed by atoms with Crippen molar-refractivity contribution in [1.29, 1.82) is 0 Å². The number of nitrogens with one attached hydrogen (secondary N) is 8. The van der Waals surface area contributed by atoms with Crippen LogP contribution >= 0.6 is 0 Å². The minimum atomic E-state index is -1.34.